The summed E-state index contributed by atoms with van der Waals surface area (Å²) in [5.74, 6) is 0.0672. The average molecular weight is 292 g/mol. The van der Waals surface area contributed by atoms with Crippen molar-refractivity contribution >= 4 is 58.5 Å². The zero-order chi connectivity index (χ0) is 11.4. The highest BCUT2D eigenvalue weighted by atomic mass is 35.5. The van der Waals surface area contributed by atoms with Crippen LogP contribution in [0.3, 0.4) is 0 Å². The minimum Gasteiger partial charge on any atom is -0.324 e. The van der Waals surface area contributed by atoms with Crippen LogP contribution in [0.2, 0.25) is 5.02 Å². The average Bonchev–Trinajstić information content (AvgIpc) is 2.33. The Hall–Kier alpha value is 0.0300. The fourth-order valence-corrected chi connectivity index (χ4v) is 5.76. The van der Waals surface area contributed by atoms with Gasteiger partial charge in [0.2, 0.25) is 5.91 Å². The zero-order valence-corrected chi connectivity index (χ0v) is 11.5. The van der Waals surface area contributed by atoms with Crippen LogP contribution in [0.4, 0.5) is 5.69 Å². The Morgan fingerprint density at radius 1 is 1.25 bits per heavy atom. The predicted octanol–water partition coefficient (Wildman–Crippen LogP) is 3.73. The third-order valence-corrected chi connectivity index (χ3v) is 6.46. The van der Waals surface area contributed by atoms with Gasteiger partial charge in [-0.3, -0.25) is 4.79 Å². The molecule has 1 N–H and O–H groups in total. The maximum absolute atomic E-state index is 11.9. The number of benzene rings is 1. The standard InChI is InChI=1S/C10H10ClNOS3/c11-7-1-3-8(4-2-7)12-9(13)10-15-5-14-6-16-10/h1-4,10H,5-6H2,(H,12,13). The Kier molecular flexibility index (Phi) is 4.76. The molecule has 0 bridgehead atoms. The van der Waals surface area contributed by atoms with Gasteiger partial charge in [0.05, 0.1) is 0 Å². The van der Waals surface area contributed by atoms with E-state index in [1.807, 2.05) is 23.9 Å². The molecule has 1 aromatic carbocycles. The first-order valence-corrected chi connectivity index (χ1v) is 8.26. The zero-order valence-electron chi connectivity index (χ0n) is 8.31. The second-order valence-electron chi connectivity index (χ2n) is 3.10. The normalized spacial score (nSPS) is 17.1. The molecule has 86 valence electrons. The van der Waals surface area contributed by atoms with E-state index in [0.717, 1.165) is 15.9 Å². The van der Waals surface area contributed by atoms with Crippen molar-refractivity contribution in [1.82, 2.24) is 0 Å². The van der Waals surface area contributed by atoms with E-state index in [1.165, 1.54) is 0 Å². The van der Waals surface area contributed by atoms with E-state index in [4.69, 9.17) is 11.6 Å². The van der Waals surface area contributed by atoms with Gasteiger partial charge in [-0.05, 0) is 24.3 Å². The first-order valence-electron chi connectivity index (χ1n) is 4.63. The second kappa shape index (κ2) is 6.10. The van der Waals surface area contributed by atoms with Gasteiger partial charge in [-0.25, -0.2) is 0 Å². The highest BCUT2D eigenvalue weighted by Gasteiger charge is 2.22. The molecule has 0 radical (unpaired) electrons. The highest BCUT2D eigenvalue weighted by molar-refractivity contribution is 8.33. The molecular formula is C10H10ClNOS3. The van der Waals surface area contributed by atoms with Crippen molar-refractivity contribution in [3.63, 3.8) is 0 Å². The van der Waals surface area contributed by atoms with E-state index in [9.17, 15) is 4.79 Å². The summed E-state index contributed by atoms with van der Waals surface area (Å²) in [6, 6.07) is 7.17. The third kappa shape index (κ3) is 3.52. The molecule has 0 saturated carbocycles. The summed E-state index contributed by atoms with van der Waals surface area (Å²) in [6.07, 6.45) is 0. The van der Waals surface area contributed by atoms with Gasteiger partial charge >= 0.3 is 0 Å². The number of amides is 1. The molecule has 16 heavy (non-hydrogen) atoms. The molecule has 1 heterocycles. The lowest BCUT2D eigenvalue weighted by Gasteiger charge is -2.19. The lowest BCUT2D eigenvalue weighted by molar-refractivity contribution is -0.114. The third-order valence-electron chi connectivity index (χ3n) is 1.93. The van der Waals surface area contributed by atoms with Crippen LogP contribution >= 0.6 is 46.9 Å². The van der Waals surface area contributed by atoms with Crippen LogP contribution in [0.5, 0.6) is 0 Å². The Balaban J connectivity index is 1.93. The number of rotatable bonds is 2. The highest BCUT2D eigenvalue weighted by Crippen LogP contribution is 2.36. The molecule has 0 aliphatic carbocycles. The molecule has 0 atom stereocenters. The van der Waals surface area contributed by atoms with Gasteiger partial charge in [-0.15, -0.1) is 35.3 Å². The monoisotopic (exact) mass is 291 g/mol. The van der Waals surface area contributed by atoms with Crippen LogP contribution in [0.15, 0.2) is 24.3 Å². The molecule has 1 saturated heterocycles. The maximum atomic E-state index is 11.9. The lowest BCUT2D eigenvalue weighted by Crippen LogP contribution is -2.24. The van der Waals surface area contributed by atoms with E-state index in [2.05, 4.69) is 5.32 Å². The molecular weight excluding hydrogens is 282 g/mol. The van der Waals surface area contributed by atoms with E-state index in [0.29, 0.717) is 5.02 Å². The first kappa shape index (κ1) is 12.5. The van der Waals surface area contributed by atoms with Crippen LogP contribution in [0.1, 0.15) is 0 Å². The molecule has 1 amide bonds. The van der Waals surface area contributed by atoms with E-state index in [1.54, 1.807) is 35.7 Å². The van der Waals surface area contributed by atoms with E-state index in [-0.39, 0.29) is 10.5 Å². The second-order valence-corrected chi connectivity index (χ2v) is 7.74. The number of anilines is 1. The molecule has 1 aliphatic rings. The van der Waals surface area contributed by atoms with E-state index >= 15 is 0 Å². The van der Waals surface area contributed by atoms with Gasteiger partial charge in [-0.1, -0.05) is 11.6 Å². The van der Waals surface area contributed by atoms with Crippen LogP contribution in [0, 0.1) is 0 Å². The molecule has 0 aromatic heterocycles. The number of carbonyl (C=O) groups is 1. The minimum atomic E-state index is 0.0110. The molecule has 0 spiro atoms. The molecule has 0 unspecified atom stereocenters. The maximum Gasteiger partial charge on any atom is 0.247 e. The topological polar surface area (TPSA) is 29.1 Å². The van der Waals surface area contributed by atoms with Crippen molar-refractivity contribution in [1.29, 1.82) is 0 Å². The lowest BCUT2D eigenvalue weighted by atomic mass is 10.3. The van der Waals surface area contributed by atoms with Crippen molar-refractivity contribution in [3.8, 4) is 0 Å². The summed E-state index contributed by atoms with van der Waals surface area (Å²) in [7, 11) is 0. The summed E-state index contributed by atoms with van der Waals surface area (Å²) in [5.41, 5.74) is 0.800. The molecule has 2 rings (SSSR count). The van der Waals surface area contributed by atoms with Crippen LogP contribution in [-0.2, 0) is 4.79 Å². The number of carbonyl (C=O) groups excluding carboxylic acids is 1. The number of hydrogen-bond donors (Lipinski definition) is 1. The molecule has 1 fully saturated rings. The van der Waals surface area contributed by atoms with Crippen molar-refractivity contribution in [2.45, 2.75) is 4.58 Å². The van der Waals surface area contributed by atoms with Gasteiger partial charge in [0.15, 0.2) is 0 Å². The quantitative estimate of drug-likeness (QED) is 0.899. The van der Waals surface area contributed by atoms with Crippen molar-refractivity contribution in [3.05, 3.63) is 29.3 Å². The summed E-state index contributed by atoms with van der Waals surface area (Å²) >= 11 is 11.0. The predicted molar refractivity (Wildman–Crippen MR) is 76.4 cm³/mol. The van der Waals surface area contributed by atoms with Crippen LogP contribution < -0.4 is 5.32 Å². The minimum absolute atomic E-state index is 0.0110. The Bertz CT molecular complexity index is 365. The van der Waals surface area contributed by atoms with Crippen molar-refractivity contribution < 1.29 is 4.79 Å². The fourth-order valence-electron chi connectivity index (χ4n) is 1.19. The SMILES string of the molecule is O=C(Nc1ccc(Cl)cc1)C1SCSCS1. The van der Waals surface area contributed by atoms with Gasteiger partial charge in [-0.2, -0.15) is 0 Å². The fraction of sp³-hybridized carbons (Fsp3) is 0.300. The smallest absolute Gasteiger partial charge is 0.247 e. The largest absolute Gasteiger partial charge is 0.324 e. The number of thioether (sulfide) groups is 3. The molecule has 6 heteroatoms. The van der Waals surface area contributed by atoms with Crippen molar-refractivity contribution in [2.24, 2.45) is 0 Å². The van der Waals surface area contributed by atoms with Gasteiger partial charge in [0.25, 0.3) is 0 Å². The number of halogens is 1. The Morgan fingerprint density at radius 3 is 2.50 bits per heavy atom. The summed E-state index contributed by atoms with van der Waals surface area (Å²) in [4.78, 5) is 11.9. The van der Waals surface area contributed by atoms with Gasteiger partial charge in [0.1, 0.15) is 4.58 Å². The Morgan fingerprint density at radius 2 is 1.88 bits per heavy atom. The van der Waals surface area contributed by atoms with Gasteiger partial charge < -0.3 is 5.32 Å². The van der Waals surface area contributed by atoms with Gasteiger partial charge in [0, 0.05) is 20.9 Å². The number of hydrogen-bond acceptors (Lipinski definition) is 4. The Labute approximate surface area is 112 Å². The van der Waals surface area contributed by atoms with Crippen molar-refractivity contribution in [2.75, 3.05) is 15.5 Å². The summed E-state index contributed by atoms with van der Waals surface area (Å²) in [5, 5.41) is 5.55. The summed E-state index contributed by atoms with van der Waals surface area (Å²) in [6.45, 7) is 0. The van der Waals surface area contributed by atoms with Crippen LogP contribution in [-0.4, -0.2) is 20.7 Å². The molecule has 2 nitrogen and oxygen atoms in total. The molecule has 1 aliphatic heterocycles. The molecule has 1 aromatic rings. The van der Waals surface area contributed by atoms with Crippen LogP contribution in [0.25, 0.3) is 0 Å². The number of nitrogens with one attached hydrogen (secondary N) is 1. The van der Waals surface area contributed by atoms with E-state index < -0.39 is 0 Å². The summed E-state index contributed by atoms with van der Waals surface area (Å²) < 4.78 is 0.0110. The first-order chi connectivity index (χ1) is 7.75.